The molecular formula is C22H24O7. The van der Waals surface area contributed by atoms with E-state index in [1.165, 1.54) is 7.11 Å². The number of fused-ring (bicyclic) bond motifs is 3. The number of methoxy groups -OCH3 is 2. The van der Waals surface area contributed by atoms with E-state index >= 15 is 0 Å². The molecule has 0 aromatic heterocycles. The van der Waals surface area contributed by atoms with Crippen LogP contribution in [-0.4, -0.2) is 45.2 Å². The first-order valence-electron chi connectivity index (χ1n) is 9.47. The smallest absolute Gasteiger partial charge is 0.324 e. The minimum Gasteiger partial charge on any atom is -0.496 e. The molecule has 29 heavy (non-hydrogen) atoms. The van der Waals surface area contributed by atoms with Gasteiger partial charge in [-0.2, -0.15) is 0 Å². The van der Waals surface area contributed by atoms with Crippen LogP contribution in [0.4, 0.5) is 0 Å². The number of hydrogen-bond donors (Lipinski definition) is 0. The Labute approximate surface area is 168 Å². The van der Waals surface area contributed by atoms with Crippen molar-refractivity contribution in [2.24, 2.45) is 5.41 Å². The van der Waals surface area contributed by atoms with E-state index in [2.05, 4.69) is 0 Å². The molecule has 2 aromatic carbocycles. The summed E-state index contributed by atoms with van der Waals surface area (Å²) < 4.78 is 21.3. The van der Waals surface area contributed by atoms with E-state index < -0.39 is 17.4 Å². The molecule has 7 heteroatoms. The van der Waals surface area contributed by atoms with Gasteiger partial charge in [-0.25, -0.2) is 0 Å². The maximum atomic E-state index is 13.1. The fourth-order valence-corrected chi connectivity index (χ4v) is 3.89. The van der Waals surface area contributed by atoms with Crippen LogP contribution in [0.5, 0.6) is 11.5 Å². The van der Waals surface area contributed by atoms with Crippen molar-refractivity contribution in [3.8, 4) is 11.5 Å². The highest BCUT2D eigenvalue weighted by Crippen LogP contribution is 2.45. The van der Waals surface area contributed by atoms with Crippen LogP contribution < -0.4 is 9.47 Å². The van der Waals surface area contributed by atoms with Gasteiger partial charge in [-0.05, 0) is 36.9 Å². The monoisotopic (exact) mass is 400 g/mol. The molecule has 0 N–H and O–H groups in total. The molecule has 1 aliphatic rings. The second-order valence-corrected chi connectivity index (χ2v) is 6.79. The van der Waals surface area contributed by atoms with E-state index in [0.717, 1.165) is 0 Å². The van der Waals surface area contributed by atoms with Crippen molar-refractivity contribution in [1.29, 1.82) is 0 Å². The highest BCUT2D eigenvalue weighted by molar-refractivity contribution is 6.14. The highest BCUT2D eigenvalue weighted by atomic mass is 16.6. The van der Waals surface area contributed by atoms with Gasteiger partial charge in [0.15, 0.2) is 11.2 Å². The lowest BCUT2D eigenvalue weighted by Gasteiger charge is -2.33. The molecule has 2 aromatic rings. The number of Topliss-reactive ketones (excluding diaryl/α,β-unsaturated/α-hetero) is 1. The Morgan fingerprint density at radius 2 is 1.59 bits per heavy atom. The molecule has 154 valence electrons. The summed E-state index contributed by atoms with van der Waals surface area (Å²) in [4.78, 5) is 38.8. The van der Waals surface area contributed by atoms with Crippen molar-refractivity contribution in [1.82, 2.24) is 0 Å². The van der Waals surface area contributed by atoms with E-state index in [4.69, 9.17) is 18.9 Å². The summed E-state index contributed by atoms with van der Waals surface area (Å²) >= 11 is 0. The van der Waals surface area contributed by atoms with Crippen LogP contribution in [0.25, 0.3) is 10.8 Å². The molecule has 0 bridgehead atoms. The number of benzene rings is 2. The average molecular weight is 400 g/mol. The predicted octanol–water partition coefficient (Wildman–Crippen LogP) is 3.10. The molecule has 0 radical (unpaired) electrons. The Hall–Kier alpha value is -3.09. The van der Waals surface area contributed by atoms with Crippen molar-refractivity contribution in [3.05, 3.63) is 35.4 Å². The van der Waals surface area contributed by atoms with Crippen LogP contribution in [0, 0.1) is 5.41 Å². The minimum absolute atomic E-state index is 0.000593. The Kier molecular flexibility index (Phi) is 5.77. The Balaban J connectivity index is 2.29. The van der Waals surface area contributed by atoms with Gasteiger partial charge in [0.2, 0.25) is 0 Å². The third-order valence-corrected chi connectivity index (χ3v) is 5.21. The zero-order valence-electron chi connectivity index (χ0n) is 17.0. The van der Waals surface area contributed by atoms with Crippen molar-refractivity contribution in [2.45, 2.75) is 26.7 Å². The summed E-state index contributed by atoms with van der Waals surface area (Å²) in [5, 5.41) is 1.36. The normalized spacial score (nSPS) is 14.8. The van der Waals surface area contributed by atoms with Gasteiger partial charge >= 0.3 is 11.9 Å². The molecule has 7 nitrogen and oxygen atoms in total. The lowest BCUT2D eigenvalue weighted by Crippen LogP contribution is -2.48. The van der Waals surface area contributed by atoms with Crippen molar-refractivity contribution in [2.75, 3.05) is 27.4 Å². The zero-order valence-corrected chi connectivity index (χ0v) is 17.0. The van der Waals surface area contributed by atoms with Gasteiger partial charge in [0, 0.05) is 18.4 Å². The zero-order chi connectivity index (χ0) is 21.2. The van der Waals surface area contributed by atoms with Gasteiger partial charge < -0.3 is 18.9 Å². The molecule has 0 saturated carbocycles. The molecule has 0 spiro atoms. The second kappa shape index (κ2) is 8.11. The molecule has 3 rings (SSSR count). The van der Waals surface area contributed by atoms with Gasteiger partial charge in [0.1, 0.15) is 11.5 Å². The van der Waals surface area contributed by atoms with Crippen LogP contribution in [0.15, 0.2) is 24.3 Å². The molecule has 0 saturated heterocycles. The van der Waals surface area contributed by atoms with Gasteiger partial charge in [-0.3, -0.25) is 14.4 Å². The summed E-state index contributed by atoms with van der Waals surface area (Å²) in [6, 6.07) is 7.03. The van der Waals surface area contributed by atoms with E-state index in [0.29, 0.717) is 33.4 Å². The van der Waals surface area contributed by atoms with Crippen LogP contribution in [0.3, 0.4) is 0 Å². The van der Waals surface area contributed by atoms with Gasteiger partial charge in [0.25, 0.3) is 0 Å². The summed E-state index contributed by atoms with van der Waals surface area (Å²) in [5.74, 6) is -0.772. The number of ketones is 1. The number of carbonyl (C=O) groups is 3. The topological polar surface area (TPSA) is 88.1 Å². The Morgan fingerprint density at radius 3 is 2.14 bits per heavy atom. The second-order valence-electron chi connectivity index (χ2n) is 6.79. The first-order chi connectivity index (χ1) is 13.9. The summed E-state index contributed by atoms with van der Waals surface area (Å²) in [6.07, 6.45) is -0.310. The third kappa shape index (κ3) is 3.30. The molecule has 0 fully saturated rings. The number of rotatable bonds is 6. The Bertz CT molecular complexity index is 959. The summed E-state index contributed by atoms with van der Waals surface area (Å²) in [7, 11) is 3.06. The van der Waals surface area contributed by atoms with Crippen LogP contribution in [0.2, 0.25) is 0 Å². The maximum Gasteiger partial charge on any atom is 0.324 e. The predicted molar refractivity (Wildman–Crippen MR) is 105 cm³/mol. The molecule has 0 heterocycles. The van der Waals surface area contributed by atoms with E-state index in [1.54, 1.807) is 39.2 Å². The fourth-order valence-electron chi connectivity index (χ4n) is 3.89. The molecular weight excluding hydrogens is 376 g/mol. The number of hydrogen-bond acceptors (Lipinski definition) is 7. The molecule has 0 aliphatic heterocycles. The van der Waals surface area contributed by atoms with Gasteiger partial charge in [0.05, 0.1) is 32.8 Å². The standard InChI is InChI=1S/C22H24O7/c1-5-28-20(24)22(21(25)29-6-2)11-15-13-8-7-9-17(26-3)19(13)18(27-4)10-14(15)16(23)12-22/h7-10H,5-6,11-12H2,1-4H3. The maximum absolute atomic E-state index is 13.1. The van der Waals surface area contributed by atoms with E-state index in [1.807, 2.05) is 6.07 Å². The molecule has 1 aliphatic carbocycles. The van der Waals surface area contributed by atoms with Gasteiger partial charge in [-0.1, -0.05) is 12.1 Å². The molecule has 0 atom stereocenters. The van der Waals surface area contributed by atoms with Crippen molar-refractivity contribution >= 4 is 28.5 Å². The lowest BCUT2D eigenvalue weighted by atomic mass is 9.69. The van der Waals surface area contributed by atoms with Crippen LogP contribution in [0.1, 0.15) is 36.2 Å². The number of ether oxygens (including phenoxy) is 4. The fraction of sp³-hybridized carbons (Fsp3) is 0.409. The van der Waals surface area contributed by atoms with Crippen LogP contribution in [-0.2, 0) is 25.5 Å². The lowest BCUT2D eigenvalue weighted by molar-refractivity contribution is -0.172. The number of esters is 2. The number of carbonyl (C=O) groups excluding carboxylic acids is 3. The first-order valence-corrected chi connectivity index (χ1v) is 9.47. The van der Waals surface area contributed by atoms with Gasteiger partial charge in [-0.15, -0.1) is 0 Å². The minimum atomic E-state index is -1.71. The Morgan fingerprint density at radius 1 is 0.966 bits per heavy atom. The van der Waals surface area contributed by atoms with Crippen molar-refractivity contribution in [3.63, 3.8) is 0 Å². The van der Waals surface area contributed by atoms with Crippen LogP contribution >= 0.6 is 0 Å². The molecule has 0 unspecified atom stereocenters. The SMILES string of the molecule is CCOC(=O)C1(C(=O)OCC)CC(=O)c2cc(OC)c3c(OC)cccc3c2C1. The largest absolute Gasteiger partial charge is 0.496 e. The van der Waals surface area contributed by atoms with Crippen molar-refractivity contribution < 1.29 is 33.3 Å². The summed E-state index contributed by atoms with van der Waals surface area (Å²) in [5.41, 5.74) is -0.704. The first kappa shape index (κ1) is 20.6. The summed E-state index contributed by atoms with van der Waals surface area (Å²) in [6.45, 7) is 3.50. The highest BCUT2D eigenvalue weighted by Gasteiger charge is 2.54. The molecule has 0 amide bonds. The van der Waals surface area contributed by atoms with E-state index in [9.17, 15) is 14.4 Å². The quantitative estimate of drug-likeness (QED) is 0.544. The van der Waals surface area contributed by atoms with E-state index in [-0.39, 0.29) is 31.8 Å². The third-order valence-electron chi connectivity index (χ3n) is 5.21. The average Bonchev–Trinajstić information content (AvgIpc) is 2.72.